The molecule has 1 saturated heterocycles. The third-order valence-corrected chi connectivity index (χ3v) is 3.69. The highest BCUT2D eigenvalue weighted by molar-refractivity contribution is 5.76. The number of halogens is 1. The Kier molecular flexibility index (Phi) is 4.91. The van der Waals surface area contributed by atoms with E-state index in [-0.39, 0.29) is 17.8 Å². The lowest BCUT2D eigenvalue weighted by atomic mass is 10.0. The van der Waals surface area contributed by atoms with Gasteiger partial charge in [-0.15, -0.1) is 0 Å². The Labute approximate surface area is 113 Å². The Morgan fingerprint density at radius 1 is 1.47 bits per heavy atom. The molecule has 2 atom stereocenters. The molecule has 1 aromatic carbocycles. The molecule has 2 rings (SSSR count). The smallest absolute Gasteiger partial charge is 0.220 e. The van der Waals surface area contributed by atoms with Gasteiger partial charge in [0.25, 0.3) is 0 Å². The number of carbonyl (C=O) groups is 1. The minimum Gasteiger partial charge on any atom is -0.350 e. The molecule has 1 fully saturated rings. The highest BCUT2D eigenvalue weighted by atomic mass is 19.1. The van der Waals surface area contributed by atoms with Crippen LogP contribution < -0.4 is 10.6 Å². The van der Waals surface area contributed by atoms with Gasteiger partial charge in [-0.05, 0) is 56.5 Å². The first kappa shape index (κ1) is 14.0. The van der Waals surface area contributed by atoms with Crippen molar-refractivity contribution in [2.75, 3.05) is 13.1 Å². The lowest BCUT2D eigenvalue weighted by Gasteiger charge is -2.15. The van der Waals surface area contributed by atoms with Gasteiger partial charge in [0.2, 0.25) is 5.91 Å². The monoisotopic (exact) mass is 264 g/mol. The maximum absolute atomic E-state index is 12.8. The predicted octanol–water partition coefficient (Wildman–Crippen LogP) is 2.39. The Bertz CT molecular complexity index is 413. The van der Waals surface area contributed by atoms with E-state index in [0.717, 1.165) is 25.1 Å². The summed E-state index contributed by atoms with van der Waals surface area (Å²) >= 11 is 0. The van der Waals surface area contributed by atoms with E-state index in [0.29, 0.717) is 12.3 Å². The van der Waals surface area contributed by atoms with Crippen LogP contribution in [0.5, 0.6) is 0 Å². The molecule has 0 aliphatic carbocycles. The van der Waals surface area contributed by atoms with Crippen LogP contribution in [0.25, 0.3) is 0 Å². The largest absolute Gasteiger partial charge is 0.350 e. The molecule has 4 heteroatoms. The first-order valence-electron chi connectivity index (χ1n) is 6.90. The second-order valence-corrected chi connectivity index (χ2v) is 5.24. The third kappa shape index (κ3) is 4.31. The molecule has 0 saturated carbocycles. The summed E-state index contributed by atoms with van der Waals surface area (Å²) in [6, 6.07) is 6.18. The lowest BCUT2D eigenvalue weighted by Crippen LogP contribution is -2.27. The topological polar surface area (TPSA) is 41.1 Å². The van der Waals surface area contributed by atoms with Crippen LogP contribution in [0, 0.1) is 11.7 Å². The van der Waals surface area contributed by atoms with E-state index in [4.69, 9.17) is 0 Å². The molecule has 0 aromatic heterocycles. The van der Waals surface area contributed by atoms with Gasteiger partial charge in [0.15, 0.2) is 0 Å². The summed E-state index contributed by atoms with van der Waals surface area (Å²) in [6.07, 6.45) is 2.67. The zero-order valence-electron chi connectivity index (χ0n) is 11.3. The zero-order valence-corrected chi connectivity index (χ0v) is 11.3. The van der Waals surface area contributed by atoms with E-state index in [1.165, 1.54) is 18.6 Å². The average Bonchev–Trinajstić information content (AvgIpc) is 2.90. The zero-order chi connectivity index (χ0) is 13.7. The molecular formula is C15H21FN2O. The van der Waals surface area contributed by atoms with Crippen molar-refractivity contribution in [2.24, 2.45) is 5.92 Å². The van der Waals surface area contributed by atoms with E-state index in [1.807, 2.05) is 6.92 Å². The average molecular weight is 264 g/mol. The summed E-state index contributed by atoms with van der Waals surface area (Å²) in [7, 11) is 0. The van der Waals surface area contributed by atoms with Gasteiger partial charge in [0, 0.05) is 6.42 Å². The van der Waals surface area contributed by atoms with Crippen LogP contribution >= 0.6 is 0 Å². The minimum absolute atomic E-state index is 0.0729. The van der Waals surface area contributed by atoms with Crippen LogP contribution in [0.3, 0.4) is 0 Å². The summed E-state index contributed by atoms with van der Waals surface area (Å²) < 4.78 is 12.8. The van der Waals surface area contributed by atoms with Crippen molar-refractivity contribution in [1.82, 2.24) is 10.6 Å². The molecule has 104 valence electrons. The van der Waals surface area contributed by atoms with Crippen molar-refractivity contribution in [3.05, 3.63) is 35.6 Å². The Hall–Kier alpha value is -1.42. The van der Waals surface area contributed by atoms with Crippen molar-refractivity contribution in [2.45, 2.75) is 32.2 Å². The van der Waals surface area contributed by atoms with Gasteiger partial charge in [-0.1, -0.05) is 12.1 Å². The second-order valence-electron chi connectivity index (χ2n) is 5.24. The quantitative estimate of drug-likeness (QED) is 0.857. The predicted molar refractivity (Wildman–Crippen MR) is 73.2 cm³/mol. The Balaban J connectivity index is 1.76. The molecule has 19 heavy (non-hydrogen) atoms. The number of nitrogens with one attached hydrogen (secondary N) is 2. The molecule has 1 aromatic rings. The van der Waals surface area contributed by atoms with Gasteiger partial charge in [0.1, 0.15) is 5.82 Å². The van der Waals surface area contributed by atoms with Crippen LogP contribution in [0.2, 0.25) is 0 Å². The van der Waals surface area contributed by atoms with E-state index in [1.54, 1.807) is 12.1 Å². The summed E-state index contributed by atoms with van der Waals surface area (Å²) in [4.78, 5) is 11.8. The van der Waals surface area contributed by atoms with Crippen molar-refractivity contribution < 1.29 is 9.18 Å². The van der Waals surface area contributed by atoms with Crippen molar-refractivity contribution in [3.63, 3.8) is 0 Å². The molecular weight excluding hydrogens is 243 g/mol. The van der Waals surface area contributed by atoms with Crippen LogP contribution in [-0.2, 0) is 4.79 Å². The van der Waals surface area contributed by atoms with Gasteiger partial charge in [-0.3, -0.25) is 4.79 Å². The van der Waals surface area contributed by atoms with Crippen molar-refractivity contribution in [1.29, 1.82) is 0 Å². The fraction of sp³-hybridized carbons (Fsp3) is 0.533. The Morgan fingerprint density at radius 3 is 2.84 bits per heavy atom. The van der Waals surface area contributed by atoms with Crippen LogP contribution in [0.1, 0.15) is 37.8 Å². The first-order chi connectivity index (χ1) is 9.15. The highest BCUT2D eigenvalue weighted by Crippen LogP contribution is 2.16. The van der Waals surface area contributed by atoms with E-state index >= 15 is 0 Å². The van der Waals surface area contributed by atoms with Crippen LogP contribution in [0.15, 0.2) is 24.3 Å². The summed E-state index contributed by atoms with van der Waals surface area (Å²) in [5.41, 5.74) is 0.928. The summed E-state index contributed by atoms with van der Waals surface area (Å²) in [5.74, 6) is 0.451. The van der Waals surface area contributed by atoms with Gasteiger partial charge in [-0.25, -0.2) is 4.39 Å². The number of amides is 1. The number of benzene rings is 1. The molecule has 0 spiro atoms. The minimum atomic E-state index is -0.254. The standard InChI is InChI=1S/C15H21FN2O/c1-11(13-3-5-14(16)6-4-13)18-15(19)7-2-12-8-9-17-10-12/h3-6,11-12,17H,2,7-10H2,1H3,(H,18,19)/t11-,12?/m1/s1. The van der Waals surface area contributed by atoms with Gasteiger partial charge in [-0.2, -0.15) is 0 Å². The summed E-state index contributed by atoms with van der Waals surface area (Å²) in [6.45, 7) is 4.02. The number of hydrogen-bond acceptors (Lipinski definition) is 2. The number of carbonyl (C=O) groups excluding carboxylic acids is 1. The molecule has 1 heterocycles. The maximum atomic E-state index is 12.8. The molecule has 2 N–H and O–H groups in total. The van der Waals surface area contributed by atoms with E-state index in [9.17, 15) is 9.18 Å². The van der Waals surface area contributed by atoms with Crippen LogP contribution in [0.4, 0.5) is 4.39 Å². The Morgan fingerprint density at radius 2 is 2.21 bits per heavy atom. The van der Waals surface area contributed by atoms with Gasteiger partial charge < -0.3 is 10.6 Å². The molecule has 0 radical (unpaired) electrons. The van der Waals surface area contributed by atoms with Gasteiger partial charge in [0.05, 0.1) is 6.04 Å². The van der Waals surface area contributed by atoms with E-state index in [2.05, 4.69) is 10.6 Å². The maximum Gasteiger partial charge on any atom is 0.220 e. The molecule has 3 nitrogen and oxygen atoms in total. The van der Waals surface area contributed by atoms with E-state index < -0.39 is 0 Å². The van der Waals surface area contributed by atoms with Gasteiger partial charge >= 0.3 is 0 Å². The van der Waals surface area contributed by atoms with Crippen molar-refractivity contribution >= 4 is 5.91 Å². The van der Waals surface area contributed by atoms with Crippen molar-refractivity contribution in [3.8, 4) is 0 Å². The normalized spacial score (nSPS) is 20.2. The molecule has 1 aliphatic heterocycles. The fourth-order valence-corrected chi connectivity index (χ4v) is 2.44. The van der Waals surface area contributed by atoms with Crippen LogP contribution in [-0.4, -0.2) is 19.0 Å². The molecule has 1 amide bonds. The second kappa shape index (κ2) is 6.66. The highest BCUT2D eigenvalue weighted by Gasteiger charge is 2.16. The SMILES string of the molecule is C[C@@H](NC(=O)CCC1CCNC1)c1ccc(F)cc1. The molecule has 0 bridgehead atoms. The third-order valence-electron chi connectivity index (χ3n) is 3.69. The number of rotatable bonds is 5. The lowest BCUT2D eigenvalue weighted by molar-refractivity contribution is -0.122. The first-order valence-corrected chi connectivity index (χ1v) is 6.90. The summed E-state index contributed by atoms with van der Waals surface area (Å²) in [5, 5.41) is 6.26. The molecule has 1 unspecified atom stereocenters. The fourth-order valence-electron chi connectivity index (χ4n) is 2.44. The molecule has 1 aliphatic rings. The number of hydrogen-bond donors (Lipinski definition) is 2.